The zero-order valence-corrected chi connectivity index (χ0v) is 11.0. The van der Waals surface area contributed by atoms with Crippen molar-refractivity contribution < 1.29 is 4.74 Å². The van der Waals surface area contributed by atoms with Crippen LogP contribution in [0.5, 0.6) is 5.75 Å². The number of ether oxygens (including phenoxy) is 1. The Balaban J connectivity index is 2.19. The molecule has 5 heteroatoms. The molecule has 0 fully saturated rings. The minimum absolute atomic E-state index is 0.658. The maximum Gasteiger partial charge on any atom is 0.132 e. The van der Waals surface area contributed by atoms with Crippen LogP contribution < -0.4 is 4.74 Å². The van der Waals surface area contributed by atoms with Crippen LogP contribution in [0.3, 0.4) is 0 Å². The number of methoxy groups -OCH3 is 1. The van der Waals surface area contributed by atoms with Gasteiger partial charge in [0.2, 0.25) is 0 Å². The second-order valence-corrected chi connectivity index (χ2v) is 4.23. The third-order valence-corrected chi connectivity index (χ3v) is 3.20. The second kappa shape index (κ2) is 5.14. The molecule has 4 nitrogen and oxygen atoms in total. The lowest BCUT2D eigenvalue weighted by Crippen LogP contribution is -2.02. The lowest BCUT2D eigenvalue weighted by Gasteiger charge is -2.04. The Hall–Kier alpha value is -1.62. The average Bonchev–Trinajstić information content (AvgIpc) is 2.71. The van der Waals surface area contributed by atoms with Gasteiger partial charge in [-0.25, -0.2) is 4.68 Å². The van der Waals surface area contributed by atoms with E-state index in [0.717, 1.165) is 21.6 Å². The van der Waals surface area contributed by atoms with Crippen LogP contribution >= 0.6 is 15.9 Å². The number of rotatable bonds is 4. The maximum absolute atomic E-state index is 5.11. The van der Waals surface area contributed by atoms with Gasteiger partial charge in [-0.05, 0) is 39.7 Å². The third-order valence-electron chi connectivity index (χ3n) is 2.38. The Morgan fingerprint density at radius 3 is 2.65 bits per heavy atom. The molecule has 88 valence electrons. The molecule has 0 amide bonds. The van der Waals surface area contributed by atoms with Crippen molar-refractivity contribution in [2.24, 2.45) is 0 Å². The highest BCUT2D eigenvalue weighted by molar-refractivity contribution is 9.10. The average molecular weight is 294 g/mol. The number of aromatic nitrogens is 3. The fourth-order valence-electron chi connectivity index (χ4n) is 1.44. The van der Waals surface area contributed by atoms with Crippen molar-refractivity contribution in [1.29, 1.82) is 0 Å². The van der Waals surface area contributed by atoms with Crippen molar-refractivity contribution in [3.8, 4) is 5.75 Å². The molecule has 0 aliphatic carbocycles. The summed E-state index contributed by atoms with van der Waals surface area (Å²) in [5, 5.41) is 8.03. The molecule has 0 unspecified atom stereocenters. The Labute approximate surface area is 108 Å². The van der Waals surface area contributed by atoms with Crippen molar-refractivity contribution >= 4 is 22.0 Å². The molecule has 1 aromatic carbocycles. The van der Waals surface area contributed by atoms with Crippen LogP contribution in [0.25, 0.3) is 6.08 Å². The van der Waals surface area contributed by atoms with E-state index in [2.05, 4.69) is 32.8 Å². The van der Waals surface area contributed by atoms with E-state index >= 15 is 0 Å². The van der Waals surface area contributed by atoms with Crippen LogP contribution in [0.1, 0.15) is 11.3 Å². The van der Waals surface area contributed by atoms with Gasteiger partial charge in [-0.2, -0.15) is 0 Å². The van der Waals surface area contributed by atoms with E-state index in [4.69, 9.17) is 4.74 Å². The van der Waals surface area contributed by atoms with E-state index in [1.54, 1.807) is 17.9 Å². The van der Waals surface area contributed by atoms with E-state index in [1.165, 1.54) is 0 Å². The fraction of sp³-hybridized carbons (Fsp3) is 0.167. The highest BCUT2D eigenvalue weighted by Gasteiger charge is 2.07. The van der Waals surface area contributed by atoms with Gasteiger partial charge in [-0.1, -0.05) is 23.9 Å². The zero-order chi connectivity index (χ0) is 12.3. The molecule has 0 bridgehead atoms. The van der Waals surface area contributed by atoms with Crippen LogP contribution in [-0.4, -0.2) is 22.1 Å². The van der Waals surface area contributed by atoms with Gasteiger partial charge in [0.25, 0.3) is 0 Å². The van der Waals surface area contributed by atoms with Gasteiger partial charge in [-0.3, -0.25) is 0 Å². The number of nitrogens with zero attached hydrogens (tertiary/aromatic N) is 3. The van der Waals surface area contributed by atoms with E-state index in [1.807, 2.05) is 24.3 Å². The highest BCUT2D eigenvalue weighted by atomic mass is 79.9. The largest absolute Gasteiger partial charge is 0.497 e. The van der Waals surface area contributed by atoms with E-state index in [9.17, 15) is 0 Å². The lowest BCUT2D eigenvalue weighted by atomic mass is 10.2. The Bertz CT molecular complexity index is 519. The molecule has 0 N–H and O–H groups in total. The monoisotopic (exact) mass is 293 g/mol. The minimum atomic E-state index is 0.658. The number of halogens is 1. The lowest BCUT2D eigenvalue weighted by molar-refractivity contribution is 0.414. The van der Waals surface area contributed by atoms with Gasteiger partial charge in [-0.15, -0.1) is 5.10 Å². The second-order valence-electron chi connectivity index (χ2n) is 3.48. The summed E-state index contributed by atoms with van der Waals surface area (Å²) in [4.78, 5) is 0. The summed E-state index contributed by atoms with van der Waals surface area (Å²) >= 11 is 3.44. The van der Waals surface area contributed by atoms with E-state index < -0.39 is 0 Å². The van der Waals surface area contributed by atoms with Crippen molar-refractivity contribution in [3.05, 3.63) is 46.7 Å². The van der Waals surface area contributed by atoms with Gasteiger partial charge in [0.15, 0.2) is 0 Å². The quantitative estimate of drug-likeness (QED) is 0.870. The first-order chi connectivity index (χ1) is 8.24. The van der Waals surface area contributed by atoms with Crippen molar-refractivity contribution in [2.45, 2.75) is 6.54 Å². The first kappa shape index (κ1) is 11.9. The fourth-order valence-corrected chi connectivity index (χ4v) is 1.88. The number of benzene rings is 1. The third kappa shape index (κ3) is 2.55. The van der Waals surface area contributed by atoms with Crippen molar-refractivity contribution in [3.63, 3.8) is 0 Å². The van der Waals surface area contributed by atoms with Gasteiger partial charge in [0.05, 0.1) is 13.7 Å². The van der Waals surface area contributed by atoms with Crippen molar-refractivity contribution in [1.82, 2.24) is 15.0 Å². The van der Waals surface area contributed by atoms with Crippen LogP contribution in [0.15, 0.2) is 35.4 Å². The summed E-state index contributed by atoms with van der Waals surface area (Å²) in [6.07, 6.45) is 1.67. The van der Waals surface area contributed by atoms with Gasteiger partial charge < -0.3 is 4.74 Å². The molecular weight excluding hydrogens is 282 g/mol. The van der Waals surface area contributed by atoms with Gasteiger partial charge in [0, 0.05) is 0 Å². The summed E-state index contributed by atoms with van der Waals surface area (Å²) in [6.45, 7) is 4.33. The predicted octanol–water partition coefficient (Wildman–Crippen LogP) is 2.74. The molecule has 0 saturated heterocycles. The molecule has 0 atom stereocenters. The van der Waals surface area contributed by atoms with Crippen LogP contribution in [0.4, 0.5) is 0 Å². The first-order valence-corrected chi connectivity index (χ1v) is 5.88. The standard InChI is InChI=1S/C12H12BrN3O/c1-3-11-12(13)16(15-14-11)8-9-4-6-10(17-2)7-5-9/h3-7H,1,8H2,2H3. The normalized spacial score (nSPS) is 10.2. The Kier molecular flexibility index (Phi) is 3.58. The summed E-state index contributed by atoms with van der Waals surface area (Å²) in [7, 11) is 1.65. The maximum atomic E-state index is 5.11. The van der Waals surface area contributed by atoms with Gasteiger partial charge >= 0.3 is 0 Å². The molecule has 2 aromatic rings. The summed E-state index contributed by atoms with van der Waals surface area (Å²) < 4.78 is 7.72. The Morgan fingerprint density at radius 2 is 2.12 bits per heavy atom. The smallest absolute Gasteiger partial charge is 0.132 e. The Morgan fingerprint density at radius 1 is 1.41 bits per heavy atom. The number of hydrogen-bond acceptors (Lipinski definition) is 3. The molecule has 0 radical (unpaired) electrons. The highest BCUT2D eigenvalue weighted by Crippen LogP contribution is 2.17. The molecule has 0 saturated carbocycles. The van der Waals surface area contributed by atoms with Crippen molar-refractivity contribution in [2.75, 3.05) is 7.11 Å². The summed E-state index contributed by atoms with van der Waals surface area (Å²) in [5.41, 5.74) is 1.88. The number of hydrogen-bond donors (Lipinski definition) is 0. The van der Waals surface area contributed by atoms with Crippen LogP contribution in [0.2, 0.25) is 0 Å². The van der Waals surface area contributed by atoms with Gasteiger partial charge in [0.1, 0.15) is 16.0 Å². The van der Waals surface area contributed by atoms with E-state index in [0.29, 0.717) is 6.54 Å². The molecule has 17 heavy (non-hydrogen) atoms. The first-order valence-electron chi connectivity index (χ1n) is 5.09. The van der Waals surface area contributed by atoms with Crippen LogP contribution in [-0.2, 0) is 6.54 Å². The molecule has 1 heterocycles. The molecular formula is C12H12BrN3O. The van der Waals surface area contributed by atoms with E-state index in [-0.39, 0.29) is 0 Å². The molecule has 2 rings (SSSR count). The summed E-state index contributed by atoms with van der Waals surface area (Å²) in [6, 6.07) is 7.85. The topological polar surface area (TPSA) is 39.9 Å². The summed E-state index contributed by atoms with van der Waals surface area (Å²) in [5.74, 6) is 0.846. The predicted molar refractivity (Wildman–Crippen MR) is 69.9 cm³/mol. The molecule has 0 aliphatic rings. The molecule has 0 aliphatic heterocycles. The minimum Gasteiger partial charge on any atom is -0.497 e. The zero-order valence-electron chi connectivity index (χ0n) is 9.43. The molecule has 0 spiro atoms. The van der Waals surface area contributed by atoms with Crippen LogP contribution in [0, 0.1) is 0 Å². The SMILES string of the molecule is C=Cc1nnn(Cc2ccc(OC)cc2)c1Br. The molecule has 1 aromatic heterocycles.